The summed E-state index contributed by atoms with van der Waals surface area (Å²) in [7, 11) is 0. The molecule has 0 amide bonds. The van der Waals surface area contributed by atoms with Crippen LogP contribution in [0.2, 0.25) is 0 Å². The van der Waals surface area contributed by atoms with Gasteiger partial charge in [-0.25, -0.2) is 4.39 Å². The van der Waals surface area contributed by atoms with Crippen molar-refractivity contribution in [2.45, 2.75) is 12.5 Å². The maximum absolute atomic E-state index is 13.5. The number of hydrogen-bond acceptors (Lipinski definition) is 3. The summed E-state index contributed by atoms with van der Waals surface area (Å²) in [5, 5.41) is 0. The lowest BCUT2D eigenvalue weighted by Crippen LogP contribution is -2.30. The molecule has 84 valence electrons. The smallest absolute Gasteiger partial charge is 0.128 e. The molecule has 0 saturated carbocycles. The van der Waals surface area contributed by atoms with Crippen LogP contribution < -0.4 is 11.3 Å². The molecule has 3 N–H and O–H groups in total. The lowest BCUT2D eigenvalue weighted by atomic mass is 10.0. The van der Waals surface area contributed by atoms with E-state index in [-0.39, 0.29) is 11.9 Å². The highest BCUT2D eigenvalue weighted by Crippen LogP contribution is 2.20. The molecule has 4 heteroatoms. The number of nitrogens with two attached hydrogens (primary N) is 1. The third-order valence-electron chi connectivity index (χ3n) is 2.47. The molecule has 0 aliphatic carbocycles. The van der Waals surface area contributed by atoms with Crippen molar-refractivity contribution in [3.63, 3.8) is 0 Å². The Morgan fingerprint density at radius 1 is 1.25 bits per heavy atom. The predicted molar refractivity (Wildman–Crippen MR) is 58.9 cm³/mol. The van der Waals surface area contributed by atoms with Crippen LogP contribution in [0, 0.1) is 5.82 Å². The number of halogens is 1. The van der Waals surface area contributed by atoms with Crippen LogP contribution >= 0.6 is 0 Å². The topological polar surface area (TPSA) is 51.2 Å². The monoisotopic (exact) mass is 220 g/mol. The maximum atomic E-state index is 13.5. The van der Waals surface area contributed by atoms with Crippen LogP contribution in [0.15, 0.2) is 47.1 Å². The van der Waals surface area contributed by atoms with E-state index >= 15 is 0 Å². The molecule has 0 aliphatic rings. The first-order valence-corrected chi connectivity index (χ1v) is 5.04. The summed E-state index contributed by atoms with van der Waals surface area (Å²) in [5.41, 5.74) is 3.14. The van der Waals surface area contributed by atoms with Gasteiger partial charge in [0, 0.05) is 12.0 Å². The van der Waals surface area contributed by atoms with Gasteiger partial charge in [0.15, 0.2) is 0 Å². The van der Waals surface area contributed by atoms with Gasteiger partial charge in [-0.2, -0.15) is 0 Å². The van der Waals surface area contributed by atoms with Crippen LogP contribution in [0.25, 0.3) is 0 Å². The zero-order chi connectivity index (χ0) is 11.4. The first-order chi connectivity index (χ1) is 7.81. The summed E-state index contributed by atoms with van der Waals surface area (Å²) >= 11 is 0. The zero-order valence-electron chi connectivity index (χ0n) is 8.69. The first-order valence-electron chi connectivity index (χ1n) is 5.04. The molecule has 0 fully saturated rings. The largest absolute Gasteiger partial charge is 0.469 e. The molecule has 0 saturated heterocycles. The summed E-state index contributed by atoms with van der Waals surface area (Å²) in [4.78, 5) is 0. The highest BCUT2D eigenvalue weighted by atomic mass is 19.1. The van der Waals surface area contributed by atoms with E-state index in [0.717, 1.165) is 5.76 Å². The summed E-state index contributed by atoms with van der Waals surface area (Å²) < 4.78 is 18.7. The van der Waals surface area contributed by atoms with Gasteiger partial charge >= 0.3 is 0 Å². The molecule has 1 unspecified atom stereocenters. The molecular formula is C12H13FN2O. The molecule has 1 aromatic heterocycles. The molecule has 1 aromatic carbocycles. The van der Waals surface area contributed by atoms with Crippen LogP contribution in [0.1, 0.15) is 17.4 Å². The fourth-order valence-corrected chi connectivity index (χ4v) is 1.65. The molecule has 16 heavy (non-hydrogen) atoms. The number of nitrogens with one attached hydrogen (secondary N) is 1. The average Bonchev–Trinajstić information content (AvgIpc) is 2.80. The van der Waals surface area contributed by atoms with Gasteiger partial charge in [0.25, 0.3) is 0 Å². The second-order valence-electron chi connectivity index (χ2n) is 3.52. The average molecular weight is 220 g/mol. The number of rotatable bonds is 4. The van der Waals surface area contributed by atoms with E-state index in [9.17, 15) is 4.39 Å². The van der Waals surface area contributed by atoms with Crippen molar-refractivity contribution in [2.75, 3.05) is 0 Å². The van der Waals surface area contributed by atoms with E-state index in [1.54, 1.807) is 30.5 Å². The maximum Gasteiger partial charge on any atom is 0.128 e. The second kappa shape index (κ2) is 4.92. The summed E-state index contributed by atoms with van der Waals surface area (Å²) in [6.07, 6.45) is 2.11. The SMILES string of the molecule is NNC(Cc1ccco1)c1ccccc1F. The van der Waals surface area contributed by atoms with E-state index in [2.05, 4.69) is 5.43 Å². The minimum atomic E-state index is -0.285. The Balaban J connectivity index is 2.20. The number of furan rings is 1. The minimum Gasteiger partial charge on any atom is -0.469 e. The van der Waals surface area contributed by atoms with Gasteiger partial charge < -0.3 is 4.42 Å². The Kier molecular flexibility index (Phi) is 3.34. The van der Waals surface area contributed by atoms with Crippen molar-refractivity contribution in [1.29, 1.82) is 0 Å². The van der Waals surface area contributed by atoms with Crippen molar-refractivity contribution in [3.05, 3.63) is 59.8 Å². The van der Waals surface area contributed by atoms with E-state index < -0.39 is 0 Å². The summed E-state index contributed by atoms with van der Waals surface area (Å²) in [6, 6.07) is 9.91. The quantitative estimate of drug-likeness (QED) is 0.613. The lowest BCUT2D eigenvalue weighted by Gasteiger charge is -2.15. The molecule has 3 nitrogen and oxygen atoms in total. The number of hydrogen-bond donors (Lipinski definition) is 2. The normalized spacial score (nSPS) is 12.6. The Labute approximate surface area is 93.0 Å². The van der Waals surface area contributed by atoms with Crippen molar-refractivity contribution in [3.8, 4) is 0 Å². The van der Waals surface area contributed by atoms with Crippen LogP contribution in [0.4, 0.5) is 4.39 Å². The number of hydrazine groups is 1. The standard InChI is InChI=1S/C12H13FN2O/c13-11-6-2-1-5-10(11)12(15-14)8-9-4-3-7-16-9/h1-7,12,15H,8,14H2. The highest BCUT2D eigenvalue weighted by Gasteiger charge is 2.15. The molecule has 2 aromatic rings. The Hall–Kier alpha value is -1.65. The molecule has 1 heterocycles. The van der Waals surface area contributed by atoms with E-state index in [1.165, 1.54) is 6.07 Å². The van der Waals surface area contributed by atoms with Crippen molar-refractivity contribution in [2.24, 2.45) is 5.84 Å². The first kappa shape index (κ1) is 10.9. The number of benzene rings is 1. The van der Waals surface area contributed by atoms with E-state index in [4.69, 9.17) is 10.3 Å². The van der Waals surface area contributed by atoms with Gasteiger partial charge in [-0.3, -0.25) is 11.3 Å². The Morgan fingerprint density at radius 3 is 2.69 bits per heavy atom. The van der Waals surface area contributed by atoms with Gasteiger partial charge in [-0.1, -0.05) is 18.2 Å². The van der Waals surface area contributed by atoms with Gasteiger partial charge in [-0.05, 0) is 18.2 Å². The second-order valence-corrected chi connectivity index (χ2v) is 3.52. The van der Waals surface area contributed by atoms with Gasteiger partial charge in [0.1, 0.15) is 11.6 Å². The zero-order valence-corrected chi connectivity index (χ0v) is 8.69. The molecule has 1 atom stereocenters. The Morgan fingerprint density at radius 2 is 2.06 bits per heavy atom. The molecule has 0 bridgehead atoms. The summed E-state index contributed by atoms with van der Waals surface area (Å²) in [5.74, 6) is 5.93. The van der Waals surface area contributed by atoms with E-state index in [1.807, 2.05) is 6.07 Å². The van der Waals surface area contributed by atoms with Crippen molar-refractivity contribution >= 4 is 0 Å². The lowest BCUT2D eigenvalue weighted by molar-refractivity contribution is 0.443. The molecular weight excluding hydrogens is 207 g/mol. The fraction of sp³-hybridized carbons (Fsp3) is 0.167. The third-order valence-corrected chi connectivity index (χ3v) is 2.47. The van der Waals surface area contributed by atoms with Crippen LogP contribution in [-0.4, -0.2) is 0 Å². The fourth-order valence-electron chi connectivity index (χ4n) is 1.65. The molecule has 0 aliphatic heterocycles. The van der Waals surface area contributed by atoms with Crippen molar-refractivity contribution in [1.82, 2.24) is 5.43 Å². The van der Waals surface area contributed by atoms with Gasteiger partial charge in [-0.15, -0.1) is 0 Å². The highest BCUT2D eigenvalue weighted by molar-refractivity contribution is 5.22. The summed E-state index contributed by atoms with van der Waals surface area (Å²) in [6.45, 7) is 0. The molecule has 0 radical (unpaired) electrons. The van der Waals surface area contributed by atoms with Crippen molar-refractivity contribution < 1.29 is 8.81 Å². The van der Waals surface area contributed by atoms with Gasteiger partial charge in [0.2, 0.25) is 0 Å². The van der Waals surface area contributed by atoms with Gasteiger partial charge in [0.05, 0.1) is 12.3 Å². The minimum absolute atomic E-state index is 0.267. The molecule has 0 spiro atoms. The van der Waals surface area contributed by atoms with E-state index in [0.29, 0.717) is 12.0 Å². The van der Waals surface area contributed by atoms with Crippen LogP contribution in [0.5, 0.6) is 0 Å². The third kappa shape index (κ3) is 2.29. The molecule has 2 rings (SSSR count). The predicted octanol–water partition coefficient (Wildman–Crippen LogP) is 2.17. The van der Waals surface area contributed by atoms with Crippen LogP contribution in [0.3, 0.4) is 0 Å². The Bertz CT molecular complexity index is 442. The van der Waals surface area contributed by atoms with Crippen LogP contribution in [-0.2, 0) is 6.42 Å².